The number of amides is 1. The van der Waals surface area contributed by atoms with E-state index in [0.717, 1.165) is 16.2 Å². The van der Waals surface area contributed by atoms with Crippen LogP contribution in [-0.2, 0) is 11.3 Å². The monoisotopic (exact) mass is 349 g/mol. The van der Waals surface area contributed by atoms with E-state index < -0.39 is 0 Å². The molecule has 3 nitrogen and oxygen atoms in total. The van der Waals surface area contributed by atoms with Crippen molar-refractivity contribution < 1.29 is 9.53 Å². The molecule has 0 saturated heterocycles. The van der Waals surface area contributed by atoms with Crippen molar-refractivity contribution in [3.63, 3.8) is 0 Å². The van der Waals surface area contributed by atoms with Gasteiger partial charge in [-0.25, -0.2) is 0 Å². The Morgan fingerprint density at radius 2 is 1.83 bits per heavy atom. The van der Waals surface area contributed by atoms with Crippen LogP contribution in [0.25, 0.3) is 0 Å². The molecule has 0 fully saturated rings. The topological polar surface area (TPSA) is 38.3 Å². The van der Waals surface area contributed by atoms with Gasteiger partial charge in [0.25, 0.3) is 0 Å². The molecule has 122 valence electrons. The Balaban J connectivity index is 1.82. The van der Waals surface area contributed by atoms with Crippen LogP contribution in [0.5, 0.6) is 5.75 Å². The average Bonchev–Trinajstić information content (AvgIpc) is 2.56. The minimum absolute atomic E-state index is 0.0128. The molecule has 0 aliphatic rings. The van der Waals surface area contributed by atoms with Crippen LogP contribution >= 0.6 is 23.4 Å². The maximum Gasteiger partial charge on any atom is 0.233 e. The van der Waals surface area contributed by atoms with Gasteiger partial charge in [-0.2, -0.15) is 0 Å². The summed E-state index contributed by atoms with van der Waals surface area (Å²) in [6, 6.07) is 15.2. The highest BCUT2D eigenvalue weighted by atomic mass is 35.5. The van der Waals surface area contributed by atoms with E-state index in [1.54, 1.807) is 0 Å². The number of carbonyl (C=O) groups excluding carboxylic acids is 1. The van der Waals surface area contributed by atoms with E-state index in [-0.39, 0.29) is 11.2 Å². The number of hydrogen-bond donors (Lipinski definition) is 1. The fraction of sp³-hybridized carbons (Fsp3) is 0.278. The van der Waals surface area contributed by atoms with Crippen LogP contribution in [0.15, 0.2) is 53.4 Å². The molecule has 2 aromatic rings. The number of rotatable bonds is 7. The van der Waals surface area contributed by atoms with E-state index in [1.807, 2.05) is 62.4 Å². The quantitative estimate of drug-likeness (QED) is 0.746. The standard InChI is InChI=1S/C18H20ClNO2S/c1-3-22-16-8-4-14(5-9-16)12-20-18(21)13(2)23-17-10-6-15(19)7-11-17/h4-11,13H,3,12H2,1-2H3,(H,20,21). The fourth-order valence-corrected chi connectivity index (χ4v) is 2.99. The van der Waals surface area contributed by atoms with Crippen LogP contribution < -0.4 is 10.1 Å². The van der Waals surface area contributed by atoms with Gasteiger partial charge in [0.05, 0.1) is 11.9 Å². The van der Waals surface area contributed by atoms with Crippen molar-refractivity contribution >= 4 is 29.3 Å². The summed E-state index contributed by atoms with van der Waals surface area (Å²) in [4.78, 5) is 13.2. The summed E-state index contributed by atoms with van der Waals surface area (Å²) >= 11 is 7.38. The Morgan fingerprint density at radius 1 is 1.17 bits per heavy atom. The van der Waals surface area contributed by atoms with Gasteiger partial charge in [-0.3, -0.25) is 4.79 Å². The van der Waals surface area contributed by atoms with E-state index in [9.17, 15) is 4.79 Å². The summed E-state index contributed by atoms with van der Waals surface area (Å²) in [7, 11) is 0. The molecule has 0 heterocycles. The maximum absolute atomic E-state index is 12.2. The summed E-state index contributed by atoms with van der Waals surface area (Å²) < 4.78 is 5.40. The molecule has 0 radical (unpaired) electrons. The fourth-order valence-electron chi connectivity index (χ4n) is 1.97. The second kappa shape index (κ2) is 8.85. The average molecular weight is 350 g/mol. The van der Waals surface area contributed by atoms with Crippen molar-refractivity contribution in [2.75, 3.05) is 6.61 Å². The van der Waals surface area contributed by atoms with Crippen molar-refractivity contribution in [3.8, 4) is 5.75 Å². The van der Waals surface area contributed by atoms with Crippen molar-refractivity contribution in [2.24, 2.45) is 0 Å². The van der Waals surface area contributed by atoms with Crippen LogP contribution in [0.1, 0.15) is 19.4 Å². The first-order valence-electron chi connectivity index (χ1n) is 7.50. The third-order valence-corrected chi connectivity index (χ3v) is 4.56. The van der Waals surface area contributed by atoms with E-state index in [0.29, 0.717) is 18.2 Å². The molecule has 0 aromatic heterocycles. The van der Waals surface area contributed by atoms with Gasteiger partial charge in [-0.1, -0.05) is 23.7 Å². The zero-order chi connectivity index (χ0) is 16.7. The molecule has 0 bridgehead atoms. The Bertz CT molecular complexity index is 628. The van der Waals surface area contributed by atoms with Gasteiger partial charge in [0, 0.05) is 16.5 Å². The lowest BCUT2D eigenvalue weighted by atomic mass is 10.2. The summed E-state index contributed by atoms with van der Waals surface area (Å²) in [6.07, 6.45) is 0. The minimum atomic E-state index is -0.168. The number of benzene rings is 2. The number of thioether (sulfide) groups is 1. The van der Waals surface area contributed by atoms with E-state index in [4.69, 9.17) is 16.3 Å². The third kappa shape index (κ3) is 5.81. The van der Waals surface area contributed by atoms with Gasteiger partial charge in [-0.05, 0) is 55.8 Å². The zero-order valence-corrected chi connectivity index (χ0v) is 14.8. The molecule has 2 rings (SSSR count). The molecule has 1 atom stereocenters. The lowest BCUT2D eigenvalue weighted by molar-refractivity contribution is -0.120. The normalized spacial score (nSPS) is 11.8. The molecule has 0 aliphatic heterocycles. The van der Waals surface area contributed by atoms with Gasteiger partial charge in [0.2, 0.25) is 5.91 Å². The van der Waals surface area contributed by atoms with Crippen molar-refractivity contribution in [1.29, 1.82) is 0 Å². The Morgan fingerprint density at radius 3 is 2.43 bits per heavy atom. The second-order valence-corrected chi connectivity index (χ2v) is 6.86. The molecular formula is C18H20ClNO2S. The number of nitrogens with one attached hydrogen (secondary N) is 1. The molecule has 2 aromatic carbocycles. The molecule has 0 aliphatic carbocycles. The summed E-state index contributed by atoms with van der Waals surface area (Å²) in [5, 5.41) is 3.48. The van der Waals surface area contributed by atoms with Crippen LogP contribution in [0.4, 0.5) is 0 Å². The number of carbonyl (C=O) groups is 1. The van der Waals surface area contributed by atoms with E-state index in [2.05, 4.69) is 5.32 Å². The third-order valence-electron chi connectivity index (χ3n) is 3.20. The first-order chi connectivity index (χ1) is 11.1. The Kier molecular flexibility index (Phi) is 6.81. The van der Waals surface area contributed by atoms with Crippen LogP contribution in [0.2, 0.25) is 5.02 Å². The molecule has 5 heteroatoms. The molecule has 1 unspecified atom stereocenters. The Hall–Kier alpha value is -1.65. The molecule has 0 spiro atoms. The molecular weight excluding hydrogens is 330 g/mol. The van der Waals surface area contributed by atoms with Crippen molar-refractivity contribution in [1.82, 2.24) is 5.32 Å². The highest BCUT2D eigenvalue weighted by Crippen LogP contribution is 2.24. The summed E-state index contributed by atoms with van der Waals surface area (Å²) in [5.74, 6) is 0.855. The highest BCUT2D eigenvalue weighted by Gasteiger charge is 2.13. The SMILES string of the molecule is CCOc1ccc(CNC(=O)C(C)Sc2ccc(Cl)cc2)cc1. The van der Waals surface area contributed by atoms with Gasteiger partial charge in [0.15, 0.2) is 0 Å². The number of hydrogen-bond acceptors (Lipinski definition) is 3. The highest BCUT2D eigenvalue weighted by molar-refractivity contribution is 8.00. The predicted molar refractivity (Wildman–Crippen MR) is 96.2 cm³/mol. The molecule has 1 N–H and O–H groups in total. The van der Waals surface area contributed by atoms with Crippen molar-refractivity contribution in [3.05, 3.63) is 59.1 Å². The maximum atomic E-state index is 12.2. The van der Waals surface area contributed by atoms with Gasteiger partial charge >= 0.3 is 0 Å². The molecule has 23 heavy (non-hydrogen) atoms. The summed E-state index contributed by atoms with van der Waals surface area (Å²) in [6.45, 7) is 5.01. The van der Waals surface area contributed by atoms with Gasteiger partial charge < -0.3 is 10.1 Å². The number of halogens is 1. The lowest BCUT2D eigenvalue weighted by Gasteiger charge is -2.12. The summed E-state index contributed by atoms with van der Waals surface area (Å²) in [5.41, 5.74) is 1.05. The van der Waals surface area contributed by atoms with E-state index >= 15 is 0 Å². The van der Waals surface area contributed by atoms with Crippen LogP contribution in [0, 0.1) is 0 Å². The van der Waals surface area contributed by atoms with E-state index in [1.165, 1.54) is 11.8 Å². The molecule has 0 saturated carbocycles. The largest absolute Gasteiger partial charge is 0.494 e. The van der Waals surface area contributed by atoms with Gasteiger partial charge in [0.1, 0.15) is 5.75 Å². The molecule has 1 amide bonds. The first-order valence-corrected chi connectivity index (χ1v) is 8.76. The number of ether oxygens (including phenoxy) is 1. The smallest absolute Gasteiger partial charge is 0.233 e. The first kappa shape index (κ1) is 17.7. The van der Waals surface area contributed by atoms with Gasteiger partial charge in [-0.15, -0.1) is 11.8 Å². The van der Waals surface area contributed by atoms with Crippen LogP contribution in [0.3, 0.4) is 0 Å². The predicted octanol–water partition coefficient (Wildman–Crippen LogP) is 4.54. The van der Waals surface area contributed by atoms with Crippen LogP contribution in [-0.4, -0.2) is 17.8 Å². The minimum Gasteiger partial charge on any atom is -0.494 e. The Labute approximate surface area is 146 Å². The second-order valence-electron chi connectivity index (χ2n) is 5.01. The van der Waals surface area contributed by atoms with Crippen molar-refractivity contribution in [2.45, 2.75) is 30.5 Å². The lowest BCUT2D eigenvalue weighted by Crippen LogP contribution is -2.30. The zero-order valence-electron chi connectivity index (χ0n) is 13.2.